The molecule has 1 nitrogen and oxygen atoms in total. The number of hydrogen-bond donors (Lipinski definition) is 1. The maximum Gasteiger partial charge on any atom is 0.0186 e. The fourth-order valence-electron chi connectivity index (χ4n) is 1.33. The van der Waals surface area contributed by atoms with Crippen molar-refractivity contribution in [1.29, 1.82) is 0 Å². The lowest BCUT2D eigenvalue weighted by Crippen LogP contribution is -2.39. The van der Waals surface area contributed by atoms with E-state index in [-0.39, 0.29) is 5.54 Å². The van der Waals surface area contributed by atoms with E-state index in [4.69, 9.17) is 0 Å². The zero-order valence-electron chi connectivity index (χ0n) is 11.1. The van der Waals surface area contributed by atoms with Gasteiger partial charge in [-0.2, -0.15) is 0 Å². The van der Waals surface area contributed by atoms with E-state index in [1.54, 1.807) is 0 Å². The Morgan fingerprint density at radius 2 is 2.06 bits per heavy atom. The Morgan fingerprint density at radius 1 is 1.35 bits per heavy atom. The van der Waals surface area contributed by atoms with E-state index < -0.39 is 0 Å². The van der Waals surface area contributed by atoms with Crippen LogP contribution in [0.4, 0.5) is 0 Å². The van der Waals surface area contributed by atoms with Crippen LogP contribution in [0.2, 0.25) is 0 Å². The summed E-state index contributed by atoms with van der Waals surface area (Å²) in [6.07, 6.45) is 0. The third kappa shape index (κ3) is 7.12. The van der Waals surface area contributed by atoms with Crippen LogP contribution in [0.1, 0.15) is 27.7 Å². The maximum absolute atomic E-state index is 3.55. The second-order valence-corrected chi connectivity index (χ2v) is 7.51. The van der Waals surface area contributed by atoms with E-state index >= 15 is 0 Å². The highest BCUT2D eigenvalue weighted by Crippen LogP contribution is 2.23. The van der Waals surface area contributed by atoms with Gasteiger partial charge in [0.1, 0.15) is 0 Å². The highest BCUT2D eigenvalue weighted by atomic mass is 79.9. The average molecular weight is 316 g/mol. The second kappa shape index (κ2) is 6.81. The molecule has 1 aromatic carbocycles. The van der Waals surface area contributed by atoms with Crippen LogP contribution in [0.5, 0.6) is 0 Å². The summed E-state index contributed by atoms with van der Waals surface area (Å²) in [4.78, 5) is 1.34. The van der Waals surface area contributed by atoms with Gasteiger partial charge in [-0.3, -0.25) is 0 Å². The molecule has 0 bridgehead atoms. The lowest BCUT2D eigenvalue weighted by atomic mass is 10.1. The molecule has 0 saturated heterocycles. The molecule has 96 valence electrons. The molecule has 3 heteroatoms. The van der Waals surface area contributed by atoms with Crippen LogP contribution >= 0.6 is 27.7 Å². The number of nitrogens with one attached hydrogen (secondary N) is 1. The zero-order chi connectivity index (χ0) is 12.9. The van der Waals surface area contributed by atoms with Crippen molar-refractivity contribution in [3.8, 4) is 0 Å². The van der Waals surface area contributed by atoms with Crippen molar-refractivity contribution in [1.82, 2.24) is 5.32 Å². The topological polar surface area (TPSA) is 12.0 Å². The third-order valence-electron chi connectivity index (χ3n) is 2.31. The Kier molecular flexibility index (Phi) is 6.04. The first kappa shape index (κ1) is 15.1. The quantitative estimate of drug-likeness (QED) is 0.799. The molecule has 0 saturated carbocycles. The van der Waals surface area contributed by atoms with Gasteiger partial charge < -0.3 is 5.32 Å². The highest BCUT2D eigenvalue weighted by Gasteiger charge is 2.11. The lowest BCUT2D eigenvalue weighted by Gasteiger charge is -2.23. The van der Waals surface area contributed by atoms with Crippen LogP contribution in [0.3, 0.4) is 0 Å². The molecule has 1 atom stereocenters. The molecule has 1 aromatic rings. The maximum atomic E-state index is 3.55. The number of thioether (sulfide) groups is 1. The monoisotopic (exact) mass is 315 g/mol. The van der Waals surface area contributed by atoms with Gasteiger partial charge in [-0.25, -0.2) is 0 Å². The Balaban J connectivity index is 2.31. The van der Waals surface area contributed by atoms with Gasteiger partial charge in [0.25, 0.3) is 0 Å². The minimum Gasteiger partial charge on any atom is -0.312 e. The van der Waals surface area contributed by atoms with E-state index in [9.17, 15) is 0 Å². The van der Waals surface area contributed by atoms with Gasteiger partial charge in [0.05, 0.1) is 0 Å². The van der Waals surface area contributed by atoms with Gasteiger partial charge in [0.2, 0.25) is 0 Å². The van der Waals surface area contributed by atoms with Gasteiger partial charge in [-0.1, -0.05) is 28.9 Å². The molecule has 0 spiro atoms. The summed E-state index contributed by atoms with van der Waals surface area (Å²) in [6.45, 7) is 10.00. The molecular formula is C14H22BrNS. The van der Waals surface area contributed by atoms with Crippen LogP contribution in [0.25, 0.3) is 0 Å². The third-order valence-corrected chi connectivity index (χ3v) is 4.13. The smallest absolute Gasteiger partial charge is 0.0186 e. The van der Waals surface area contributed by atoms with E-state index in [1.165, 1.54) is 4.90 Å². The Hall–Kier alpha value is 0.01000. The molecule has 0 aliphatic rings. The molecule has 1 unspecified atom stereocenters. The first-order chi connectivity index (χ1) is 7.87. The summed E-state index contributed by atoms with van der Waals surface area (Å²) >= 11 is 5.42. The molecule has 0 aliphatic heterocycles. The van der Waals surface area contributed by atoms with Crippen LogP contribution in [0.15, 0.2) is 33.6 Å². The summed E-state index contributed by atoms with van der Waals surface area (Å²) in [5.41, 5.74) is 0.217. The van der Waals surface area contributed by atoms with Crippen molar-refractivity contribution < 1.29 is 0 Å². The highest BCUT2D eigenvalue weighted by molar-refractivity contribution is 9.10. The number of halogens is 1. The average Bonchev–Trinajstić information content (AvgIpc) is 2.23. The number of rotatable bonds is 5. The summed E-state index contributed by atoms with van der Waals surface area (Å²) in [5.74, 6) is 1.83. The van der Waals surface area contributed by atoms with Gasteiger partial charge in [-0.15, -0.1) is 11.8 Å². The largest absolute Gasteiger partial charge is 0.312 e. The first-order valence-electron chi connectivity index (χ1n) is 6.00. The lowest BCUT2D eigenvalue weighted by molar-refractivity contribution is 0.395. The van der Waals surface area contributed by atoms with Crippen molar-refractivity contribution in [2.24, 2.45) is 5.92 Å². The number of benzene rings is 1. The zero-order valence-corrected chi connectivity index (χ0v) is 13.5. The molecule has 0 heterocycles. The molecule has 0 aromatic heterocycles. The molecule has 0 amide bonds. The molecule has 17 heavy (non-hydrogen) atoms. The first-order valence-corrected chi connectivity index (χ1v) is 7.78. The predicted molar refractivity (Wildman–Crippen MR) is 81.8 cm³/mol. The van der Waals surface area contributed by atoms with Crippen LogP contribution in [-0.4, -0.2) is 17.8 Å². The summed E-state index contributed by atoms with van der Waals surface area (Å²) in [5, 5.41) is 3.55. The van der Waals surface area contributed by atoms with Crippen LogP contribution in [0, 0.1) is 5.92 Å². The molecule has 1 rings (SSSR count). The Bertz CT molecular complexity index is 346. The van der Waals surface area contributed by atoms with Crippen LogP contribution in [-0.2, 0) is 0 Å². The fourth-order valence-corrected chi connectivity index (χ4v) is 2.87. The molecule has 1 N–H and O–H groups in total. The van der Waals surface area contributed by atoms with Crippen molar-refractivity contribution in [3.05, 3.63) is 28.7 Å². The van der Waals surface area contributed by atoms with E-state index in [0.29, 0.717) is 5.92 Å². The summed E-state index contributed by atoms with van der Waals surface area (Å²) < 4.78 is 1.16. The van der Waals surface area contributed by atoms with E-state index in [1.807, 2.05) is 11.8 Å². The fraction of sp³-hybridized carbons (Fsp3) is 0.571. The second-order valence-electron chi connectivity index (χ2n) is 5.50. The Labute approximate surface area is 118 Å². The van der Waals surface area contributed by atoms with E-state index in [0.717, 1.165) is 16.8 Å². The van der Waals surface area contributed by atoms with Crippen molar-refractivity contribution >= 4 is 27.7 Å². The van der Waals surface area contributed by atoms with Crippen molar-refractivity contribution in [2.45, 2.75) is 38.1 Å². The molecule has 0 radical (unpaired) electrons. The minimum atomic E-state index is 0.217. The summed E-state index contributed by atoms with van der Waals surface area (Å²) in [6, 6.07) is 8.49. The molecule has 0 fully saturated rings. The normalized spacial score (nSPS) is 13.7. The molecular weight excluding hydrogens is 294 g/mol. The predicted octanol–water partition coefficient (Wildman–Crippen LogP) is 4.57. The minimum absolute atomic E-state index is 0.217. The SMILES string of the molecule is CC(CNC(C)(C)C)CSc1cccc(Br)c1. The van der Waals surface area contributed by atoms with Crippen molar-refractivity contribution in [3.63, 3.8) is 0 Å². The standard InChI is InChI=1S/C14H22BrNS/c1-11(9-16-14(2,3)4)10-17-13-7-5-6-12(15)8-13/h5-8,11,16H,9-10H2,1-4H3. The van der Waals surface area contributed by atoms with Gasteiger partial charge in [-0.05, 0) is 51.4 Å². The van der Waals surface area contributed by atoms with Gasteiger partial charge >= 0.3 is 0 Å². The van der Waals surface area contributed by atoms with Crippen LogP contribution < -0.4 is 5.32 Å². The Morgan fingerprint density at radius 3 is 2.65 bits per heavy atom. The summed E-state index contributed by atoms with van der Waals surface area (Å²) in [7, 11) is 0. The molecule has 0 aliphatic carbocycles. The van der Waals surface area contributed by atoms with Crippen molar-refractivity contribution in [2.75, 3.05) is 12.3 Å². The van der Waals surface area contributed by atoms with E-state index in [2.05, 4.69) is 73.2 Å². The van der Waals surface area contributed by atoms with Gasteiger partial charge in [0, 0.05) is 20.7 Å². The number of hydrogen-bond acceptors (Lipinski definition) is 2. The van der Waals surface area contributed by atoms with Gasteiger partial charge in [0.15, 0.2) is 0 Å².